The van der Waals surface area contributed by atoms with Crippen molar-refractivity contribution < 1.29 is 45.8 Å². The van der Waals surface area contributed by atoms with Gasteiger partial charge in [-0.3, -0.25) is 0 Å². The van der Waals surface area contributed by atoms with E-state index in [0.29, 0.717) is 23.3 Å². The van der Waals surface area contributed by atoms with Crippen LogP contribution in [0, 0.1) is 11.8 Å². The van der Waals surface area contributed by atoms with Gasteiger partial charge in [0.05, 0.1) is 17.3 Å². The number of aliphatic carboxylic acids is 1. The number of ether oxygens (including phenoxy) is 1. The standard InChI is InChI=1S/C20H13F6NO4/c21-19(22,23)15-8-16(20(24,25)26)10-17(9-15)30-6-2-5-13-3-1-4-14(7-13)11-27-31-12-18(28)29/h1,3-4,7-11H,6,12H2,(H,28,29)/b27-11+. The van der Waals surface area contributed by atoms with E-state index >= 15 is 0 Å². The van der Waals surface area contributed by atoms with Crippen LogP contribution in [0.4, 0.5) is 26.3 Å². The quantitative estimate of drug-likeness (QED) is 0.306. The second kappa shape index (κ2) is 9.88. The lowest BCUT2D eigenvalue weighted by Gasteiger charge is -2.14. The molecule has 0 amide bonds. The maximum absolute atomic E-state index is 12.8. The van der Waals surface area contributed by atoms with Crippen LogP contribution in [0.15, 0.2) is 47.6 Å². The van der Waals surface area contributed by atoms with E-state index in [1.165, 1.54) is 6.21 Å². The van der Waals surface area contributed by atoms with Crippen LogP contribution in [-0.2, 0) is 22.0 Å². The molecule has 5 nitrogen and oxygen atoms in total. The van der Waals surface area contributed by atoms with Crippen molar-refractivity contribution in [3.63, 3.8) is 0 Å². The van der Waals surface area contributed by atoms with Gasteiger partial charge in [-0.1, -0.05) is 29.1 Å². The molecule has 164 valence electrons. The summed E-state index contributed by atoms with van der Waals surface area (Å²) in [6.45, 7) is -1.07. The SMILES string of the molecule is O=C(O)CO/N=C/c1cccc(C#CCOc2cc(C(F)(F)F)cc(C(F)(F)F)c2)c1. The molecule has 0 saturated heterocycles. The summed E-state index contributed by atoms with van der Waals surface area (Å²) in [6, 6.07) is 7.30. The molecule has 2 aromatic carbocycles. The van der Waals surface area contributed by atoms with Gasteiger partial charge in [0.1, 0.15) is 12.4 Å². The molecule has 2 aromatic rings. The van der Waals surface area contributed by atoms with Crippen LogP contribution in [0.3, 0.4) is 0 Å². The molecule has 31 heavy (non-hydrogen) atoms. The molecule has 0 unspecified atom stereocenters. The van der Waals surface area contributed by atoms with Crippen LogP contribution < -0.4 is 4.74 Å². The summed E-state index contributed by atoms with van der Waals surface area (Å²) in [5.41, 5.74) is -2.00. The molecule has 0 spiro atoms. The van der Waals surface area contributed by atoms with E-state index in [1.807, 2.05) is 0 Å². The first-order chi connectivity index (χ1) is 14.4. The molecule has 0 heterocycles. The molecule has 0 aromatic heterocycles. The summed E-state index contributed by atoms with van der Waals surface area (Å²) < 4.78 is 82.0. The van der Waals surface area contributed by atoms with Gasteiger partial charge in [0.2, 0.25) is 6.61 Å². The summed E-state index contributed by atoms with van der Waals surface area (Å²) >= 11 is 0. The van der Waals surface area contributed by atoms with Crippen molar-refractivity contribution >= 4 is 12.2 Å². The van der Waals surface area contributed by atoms with Crippen LogP contribution >= 0.6 is 0 Å². The molecular formula is C20H13F6NO4. The van der Waals surface area contributed by atoms with Gasteiger partial charge in [0.25, 0.3) is 0 Å². The van der Waals surface area contributed by atoms with Crippen LogP contribution in [0.2, 0.25) is 0 Å². The minimum Gasteiger partial charge on any atom is -0.481 e. The van der Waals surface area contributed by atoms with Crippen molar-refractivity contribution in [2.75, 3.05) is 13.2 Å². The highest BCUT2D eigenvalue weighted by Crippen LogP contribution is 2.38. The Morgan fingerprint density at radius 3 is 2.26 bits per heavy atom. The van der Waals surface area contributed by atoms with Gasteiger partial charge >= 0.3 is 18.3 Å². The van der Waals surface area contributed by atoms with E-state index in [9.17, 15) is 31.1 Å². The van der Waals surface area contributed by atoms with Crippen LogP contribution in [-0.4, -0.2) is 30.5 Å². The number of benzene rings is 2. The predicted molar refractivity (Wildman–Crippen MR) is 96.4 cm³/mol. The first-order valence-corrected chi connectivity index (χ1v) is 8.33. The van der Waals surface area contributed by atoms with E-state index in [2.05, 4.69) is 21.8 Å². The molecule has 1 N–H and O–H groups in total. The van der Waals surface area contributed by atoms with Crippen LogP contribution in [0.5, 0.6) is 5.75 Å². The largest absolute Gasteiger partial charge is 0.481 e. The van der Waals surface area contributed by atoms with E-state index in [1.54, 1.807) is 24.3 Å². The first kappa shape index (κ1) is 23.6. The number of hydrogen-bond donors (Lipinski definition) is 1. The molecule has 0 bridgehead atoms. The minimum atomic E-state index is -4.97. The number of oxime groups is 1. The zero-order chi connectivity index (χ0) is 23.1. The Morgan fingerprint density at radius 2 is 1.68 bits per heavy atom. The molecule has 0 aliphatic heterocycles. The molecule has 2 rings (SSSR count). The highest BCUT2D eigenvalue weighted by Gasteiger charge is 2.37. The Balaban J connectivity index is 2.08. The normalized spacial score (nSPS) is 11.7. The molecule has 0 aliphatic rings. The number of carboxylic acid groups (broad SMARTS) is 1. The molecule has 0 saturated carbocycles. The van der Waals surface area contributed by atoms with E-state index in [-0.39, 0.29) is 6.07 Å². The Morgan fingerprint density at radius 1 is 1.03 bits per heavy atom. The Labute approximate surface area is 171 Å². The summed E-state index contributed by atoms with van der Waals surface area (Å²) in [7, 11) is 0. The topological polar surface area (TPSA) is 68.1 Å². The second-order valence-corrected chi connectivity index (χ2v) is 5.86. The third-order valence-electron chi connectivity index (χ3n) is 3.46. The maximum Gasteiger partial charge on any atom is 0.416 e. The summed E-state index contributed by atoms with van der Waals surface area (Å²) in [4.78, 5) is 14.8. The lowest BCUT2D eigenvalue weighted by molar-refractivity contribution is -0.144. The predicted octanol–water partition coefficient (Wildman–Crippen LogP) is 4.59. The van der Waals surface area contributed by atoms with Gasteiger partial charge in [0, 0.05) is 5.56 Å². The number of alkyl halides is 6. The molecular weight excluding hydrogens is 432 g/mol. The Kier molecular flexibility index (Phi) is 7.52. The third-order valence-corrected chi connectivity index (χ3v) is 3.46. The van der Waals surface area contributed by atoms with Gasteiger partial charge in [-0.25, -0.2) is 4.79 Å². The molecule has 0 radical (unpaired) electrons. The van der Waals surface area contributed by atoms with Crippen molar-refractivity contribution in [2.24, 2.45) is 5.16 Å². The molecule has 0 aliphatic carbocycles. The number of rotatable bonds is 6. The second-order valence-electron chi connectivity index (χ2n) is 5.86. The summed E-state index contributed by atoms with van der Waals surface area (Å²) in [5.74, 6) is 3.31. The summed E-state index contributed by atoms with van der Waals surface area (Å²) in [5, 5.41) is 11.9. The first-order valence-electron chi connectivity index (χ1n) is 8.33. The van der Waals surface area contributed by atoms with Crippen molar-refractivity contribution in [3.05, 3.63) is 64.7 Å². The van der Waals surface area contributed by atoms with Crippen LogP contribution in [0.25, 0.3) is 0 Å². The van der Waals surface area contributed by atoms with Gasteiger partial charge in [-0.15, -0.1) is 0 Å². The van der Waals surface area contributed by atoms with E-state index < -0.39 is 48.4 Å². The fourth-order valence-corrected chi connectivity index (χ4v) is 2.15. The Hall–Kier alpha value is -3.68. The fraction of sp³-hybridized carbons (Fsp3) is 0.200. The number of carbonyl (C=O) groups is 1. The van der Waals surface area contributed by atoms with E-state index in [0.717, 1.165) is 0 Å². The van der Waals surface area contributed by atoms with Crippen molar-refractivity contribution in [3.8, 4) is 17.6 Å². The van der Waals surface area contributed by atoms with Gasteiger partial charge in [-0.2, -0.15) is 26.3 Å². The number of nitrogens with zero attached hydrogens (tertiary/aromatic N) is 1. The lowest BCUT2D eigenvalue weighted by atomic mass is 10.1. The van der Waals surface area contributed by atoms with E-state index in [4.69, 9.17) is 9.84 Å². The monoisotopic (exact) mass is 445 g/mol. The zero-order valence-electron chi connectivity index (χ0n) is 15.4. The highest BCUT2D eigenvalue weighted by molar-refractivity contribution is 5.79. The molecule has 11 heteroatoms. The van der Waals surface area contributed by atoms with Gasteiger partial charge in [-0.05, 0) is 35.9 Å². The van der Waals surface area contributed by atoms with Crippen molar-refractivity contribution in [2.45, 2.75) is 12.4 Å². The van der Waals surface area contributed by atoms with Crippen molar-refractivity contribution in [1.29, 1.82) is 0 Å². The number of hydrogen-bond acceptors (Lipinski definition) is 4. The number of halogens is 6. The highest BCUT2D eigenvalue weighted by atomic mass is 19.4. The maximum atomic E-state index is 12.8. The van der Waals surface area contributed by atoms with Crippen LogP contribution in [0.1, 0.15) is 22.3 Å². The lowest BCUT2D eigenvalue weighted by Crippen LogP contribution is -2.11. The van der Waals surface area contributed by atoms with Gasteiger partial charge < -0.3 is 14.7 Å². The average molecular weight is 445 g/mol. The minimum absolute atomic E-state index is 0.00572. The molecule has 0 fully saturated rings. The van der Waals surface area contributed by atoms with Crippen molar-refractivity contribution in [1.82, 2.24) is 0 Å². The smallest absolute Gasteiger partial charge is 0.416 e. The summed E-state index contributed by atoms with van der Waals surface area (Å²) in [6.07, 6.45) is -8.70. The molecule has 0 atom stereocenters. The average Bonchev–Trinajstić information content (AvgIpc) is 2.67. The number of carboxylic acids is 1. The Bertz CT molecular complexity index is 987. The van der Waals surface area contributed by atoms with Gasteiger partial charge in [0.15, 0.2) is 0 Å². The third kappa shape index (κ3) is 7.93. The zero-order valence-corrected chi connectivity index (χ0v) is 15.4. The fourth-order valence-electron chi connectivity index (χ4n) is 2.15.